The van der Waals surface area contributed by atoms with E-state index >= 15 is 0 Å². The highest BCUT2D eigenvalue weighted by atomic mass is 19.1. The molecule has 6 nitrogen and oxygen atoms in total. The standard InChI is InChI=1S/C22H26FNO5/c1-14(10-15-6-5-7-17(23)11-15)22(26)24-18(13-21(25)29-4)16-8-9-19(27-2)20(12-16)28-3/h5-9,11-12,14,18H,10,13H2,1-4H3,(H,24,26). The van der Waals surface area contributed by atoms with Gasteiger partial charge in [0.1, 0.15) is 5.82 Å². The minimum absolute atomic E-state index is 0.0373. The molecule has 2 rings (SSSR count). The number of halogens is 1. The zero-order valence-corrected chi connectivity index (χ0v) is 17.0. The van der Waals surface area contributed by atoms with Gasteiger partial charge in [-0.15, -0.1) is 0 Å². The molecule has 0 heterocycles. The zero-order valence-electron chi connectivity index (χ0n) is 17.0. The van der Waals surface area contributed by atoms with Crippen molar-refractivity contribution >= 4 is 11.9 Å². The molecule has 0 spiro atoms. The van der Waals surface area contributed by atoms with E-state index in [0.29, 0.717) is 23.5 Å². The van der Waals surface area contributed by atoms with Gasteiger partial charge in [-0.1, -0.05) is 25.1 Å². The maximum absolute atomic E-state index is 13.4. The highest BCUT2D eigenvalue weighted by molar-refractivity contribution is 5.80. The first-order valence-electron chi connectivity index (χ1n) is 9.21. The van der Waals surface area contributed by atoms with Crippen molar-refractivity contribution in [1.29, 1.82) is 0 Å². The van der Waals surface area contributed by atoms with Crippen LogP contribution in [-0.4, -0.2) is 33.2 Å². The minimum atomic E-state index is -0.607. The average molecular weight is 403 g/mol. The first-order valence-corrected chi connectivity index (χ1v) is 9.21. The van der Waals surface area contributed by atoms with Crippen LogP contribution in [0.1, 0.15) is 30.5 Å². The Balaban J connectivity index is 2.19. The summed E-state index contributed by atoms with van der Waals surface area (Å²) in [6, 6.07) is 10.7. The van der Waals surface area contributed by atoms with Crippen LogP contribution in [0.25, 0.3) is 0 Å². The van der Waals surface area contributed by atoms with Crippen molar-refractivity contribution in [1.82, 2.24) is 5.32 Å². The Kier molecular flexibility index (Phi) is 8.00. The Morgan fingerprint density at radius 1 is 1.03 bits per heavy atom. The highest BCUT2D eigenvalue weighted by Crippen LogP contribution is 2.31. The number of rotatable bonds is 9. The number of amides is 1. The van der Waals surface area contributed by atoms with Gasteiger partial charge in [-0.05, 0) is 41.8 Å². The fraction of sp³-hybridized carbons (Fsp3) is 0.364. The van der Waals surface area contributed by atoms with Gasteiger partial charge in [0, 0.05) is 5.92 Å². The van der Waals surface area contributed by atoms with Crippen molar-refractivity contribution in [2.45, 2.75) is 25.8 Å². The number of carbonyl (C=O) groups excluding carboxylic acids is 2. The summed E-state index contributed by atoms with van der Waals surface area (Å²) in [5, 5.41) is 2.89. The highest BCUT2D eigenvalue weighted by Gasteiger charge is 2.23. The zero-order chi connectivity index (χ0) is 21.4. The van der Waals surface area contributed by atoms with Crippen molar-refractivity contribution in [3.63, 3.8) is 0 Å². The molecule has 2 atom stereocenters. The van der Waals surface area contributed by atoms with Crippen molar-refractivity contribution in [2.24, 2.45) is 5.92 Å². The van der Waals surface area contributed by atoms with Crippen LogP contribution in [0.4, 0.5) is 4.39 Å². The smallest absolute Gasteiger partial charge is 0.307 e. The molecule has 2 unspecified atom stereocenters. The predicted molar refractivity (Wildman–Crippen MR) is 106 cm³/mol. The Morgan fingerprint density at radius 2 is 1.76 bits per heavy atom. The first kappa shape index (κ1) is 22.2. The molecule has 0 aliphatic heterocycles. The largest absolute Gasteiger partial charge is 0.493 e. The van der Waals surface area contributed by atoms with Crippen molar-refractivity contribution in [3.8, 4) is 11.5 Å². The van der Waals surface area contributed by atoms with E-state index in [1.807, 2.05) is 0 Å². The third-order valence-corrected chi connectivity index (χ3v) is 4.60. The number of carbonyl (C=O) groups is 2. The molecular formula is C22H26FNO5. The molecule has 0 fully saturated rings. The lowest BCUT2D eigenvalue weighted by Crippen LogP contribution is -2.35. The molecule has 7 heteroatoms. The lowest BCUT2D eigenvalue weighted by molar-refractivity contribution is -0.141. The topological polar surface area (TPSA) is 73.9 Å². The fourth-order valence-electron chi connectivity index (χ4n) is 3.00. The summed E-state index contributed by atoms with van der Waals surface area (Å²) < 4.78 is 28.7. The number of hydrogen-bond donors (Lipinski definition) is 1. The van der Waals surface area contributed by atoms with E-state index in [2.05, 4.69) is 5.32 Å². The normalized spacial score (nSPS) is 12.6. The summed E-state index contributed by atoms with van der Waals surface area (Å²) in [4.78, 5) is 24.6. The third-order valence-electron chi connectivity index (χ3n) is 4.60. The van der Waals surface area contributed by atoms with E-state index in [-0.39, 0.29) is 18.1 Å². The first-order chi connectivity index (χ1) is 13.9. The number of esters is 1. The van der Waals surface area contributed by atoms with E-state index in [1.165, 1.54) is 33.5 Å². The maximum atomic E-state index is 13.4. The van der Waals surface area contributed by atoms with E-state index in [9.17, 15) is 14.0 Å². The maximum Gasteiger partial charge on any atom is 0.307 e. The molecule has 0 radical (unpaired) electrons. The van der Waals surface area contributed by atoms with Crippen LogP contribution in [0.15, 0.2) is 42.5 Å². The van der Waals surface area contributed by atoms with Crippen LogP contribution in [0.5, 0.6) is 11.5 Å². The second kappa shape index (κ2) is 10.5. The van der Waals surface area contributed by atoms with Crippen LogP contribution < -0.4 is 14.8 Å². The fourth-order valence-corrected chi connectivity index (χ4v) is 3.00. The van der Waals surface area contributed by atoms with Gasteiger partial charge in [0.05, 0.1) is 33.8 Å². The minimum Gasteiger partial charge on any atom is -0.493 e. The molecular weight excluding hydrogens is 377 g/mol. The lowest BCUT2D eigenvalue weighted by Gasteiger charge is -2.22. The molecule has 29 heavy (non-hydrogen) atoms. The van der Waals surface area contributed by atoms with Gasteiger partial charge in [-0.3, -0.25) is 9.59 Å². The molecule has 0 saturated heterocycles. The summed E-state index contributed by atoms with van der Waals surface area (Å²) in [6.07, 6.45) is 0.338. The quantitative estimate of drug-likeness (QED) is 0.650. The molecule has 1 N–H and O–H groups in total. The summed E-state index contributed by atoms with van der Waals surface area (Å²) in [7, 11) is 4.33. The SMILES string of the molecule is COC(=O)CC(NC(=O)C(C)Cc1cccc(F)c1)c1ccc(OC)c(OC)c1. The third kappa shape index (κ3) is 6.20. The summed E-state index contributed by atoms with van der Waals surface area (Å²) in [6.45, 7) is 1.75. The van der Waals surface area contributed by atoms with Crippen LogP contribution >= 0.6 is 0 Å². The number of benzene rings is 2. The van der Waals surface area contributed by atoms with Gasteiger partial charge in [0.2, 0.25) is 5.91 Å². The number of nitrogens with one attached hydrogen (secondary N) is 1. The van der Waals surface area contributed by atoms with Gasteiger partial charge in [-0.25, -0.2) is 4.39 Å². The molecule has 2 aromatic carbocycles. The van der Waals surface area contributed by atoms with Gasteiger partial charge in [0.25, 0.3) is 0 Å². The van der Waals surface area contributed by atoms with E-state index in [4.69, 9.17) is 14.2 Å². The molecule has 156 valence electrons. The molecule has 1 amide bonds. The van der Waals surface area contributed by atoms with Crippen molar-refractivity contribution < 1.29 is 28.2 Å². The van der Waals surface area contributed by atoms with E-state index in [1.54, 1.807) is 37.3 Å². The molecule has 0 aliphatic rings. The molecule has 0 aromatic heterocycles. The van der Waals surface area contributed by atoms with Crippen LogP contribution in [-0.2, 0) is 20.7 Å². The second-order valence-electron chi connectivity index (χ2n) is 6.69. The summed E-state index contributed by atoms with van der Waals surface area (Å²) in [5.74, 6) is -0.442. The Labute approximate surface area is 170 Å². The predicted octanol–water partition coefficient (Wildman–Crippen LogP) is 3.44. The van der Waals surface area contributed by atoms with Crippen LogP contribution in [0.2, 0.25) is 0 Å². The molecule has 0 bridgehead atoms. The Hall–Kier alpha value is -3.09. The Morgan fingerprint density at radius 3 is 2.38 bits per heavy atom. The summed E-state index contributed by atoms with van der Waals surface area (Å²) >= 11 is 0. The van der Waals surface area contributed by atoms with Gasteiger partial charge in [-0.2, -0.15) is 0 Å². The van der Waals surface area contributed by atoms with Gasteiger partial charge in [0.15, 0.2) is 11.5 Å². The van der Waals surface area contributed by atoms with Gasteiger partial charge >= 0.3 is 5.97 Å². The molecule has 2 aromatic rings. The molecule has 0 saturated carbocycles. The monoisotopic (exact) mass is 403 g/mol. The van der Waals surface area contributed by atoms with Crippen LogP contribution in [0, 0.1) is 11.7 Å². The summed E-state index contributed by atoms with van der Waals surface area (Å²) in [5.41, 5.74) is 1.41. The van der Waals surface area contributed by atoms with Gasteiger partial charge < -0.3 is 19.5 Å². The number of methoxy groups -OCH3 is 3. The second-order valence-corrected chi connectivity index (χ2v) is 6.69. The van der Waals surface area contributed by atoms with Crippen molar-refractivity contribution in [2.75, 3.05) is 21.3 Å². The van der Waals surface area contributed by atoms with Crippen LogP contribution in [0.3, 0.4) is 0 Å². The van der Waals surface area contributed by atoms with E-state index < -0.39 is 17.9 Å². The van der Waals surface area contributed by atoms with Crippen molar-refractivity contribution in [3.05, 3.63) is 59.4 Å². The average Bonchev–Trinajstić information content (AvgIpc) is 2.72. The molecule has 0 aliphatic carbocycles. The van der Waals surface area contributed by atoms with E-state index in [0.717, 1.165) is 5.56 Å². The lowest BCUT2D eigenvalue weighted by atomic mass is 9.98. The number of ether oxygens (including phenoxy) is 3. The number of hydrogen-bond acceptors (Lipinski definition) is 5. The Bertz CT molecular complexity index is 855.